The van der Waals surface area contributed by atoms with E-state index in [1.54, 1.807) is 7.11 Å². The van der Waals surface area contributed by atoms with Gasteiger partial charge in [0.05, 0.1) is 24.9 Å². The Morgan fingerprint density at radius 3 is 2.69 bits per heavy atom. The van der Waals surface area contributed by atoms with Crippen LogP contribution in [0.4, 0.5) is 5.82 Å². The van der Waals surface area contributed by atoms with E-state index in [-0.39, 0.29) is 24.2 Å². The molecule has 0 radical (unpaired) electrons. The van der Waals surface area contributed by atoms with Crippen molar-refractivity contribution < 1.29 is 19.0 Å². The Bertz CT molecular complexity index is 1100. The fourth-order valence-electron chi connectivity index (χ4n) is 5.86. The quantitative estimate of drug-likeness (QED) is 0.499. The number of amides is 1. The first kappa shape index (κ1) is 28.2. The van der Waals surface area contributed by atoms with Gasteiger partial charge in [0, 0.05) is 56.0 Å². The summed E-state index contributed by atoms with van der Waals surface area (Å²) in [5, 5.41) is 7.90. The molecule has 1 aromatic carbocycles. The third kappa shape index (κ3) is 7.08. The molecule has 5 rings (SSSR count). The van der Waals surface area contributed by atoms with Gasteiger partial charge in [-0.3, -0.25) is 4.79 Å². The number of carbonyl (C=O) groups excluding carboxylic acids is 1. The molecule has 0 unspecified atom stereocenters. The molecule has 4 atom stereocenters. The van der Waals surface area contributed by atoms with Gasteiger partial charge < -0.3 is 29.7 Å². The molecule has 3 aliphatic heterocycles. The van der Waals surface area contributed by atoms with E-state index < -0.39 is 0 Å². The molecular weight excluding hydrogens is 518 g/mol. The van der Waals surface area contributed by atoms with Crippen molar-refractivity contribution in [1.82, 2.24) is 20.2 Å². The summed E-state index contributed by atoms with van der Waals surface area (Å²) in [7, 11) is 1.74. The molecule has 10 heteroatoms. The molecule has 0 spiro atoms. The number of nitrogens with zero attached hydrogens (tertiary/aromatic N) is 3. The zero-order chi connectivity index (χ0) is 27.2. The molecule has 2 N–H and O–H groups in total. The molecule has 9 nitrogen and oxygen atoms in total. The van der Waals surface area contributed by atoms with Gasteiger partial charge in [0.15, 0.2) is 0 Å². The maximum absolute atomic E-state index is 13.4. The Kier molecular flexibility index (Phi) is 9.68. The molecule has 1 amide bonds. The Hall–Kier alpha value is -2.30. The highest BCUT2D eigenvalue weighted by molar-refractivity contribution is 6.30. The van der Waals surface area contributed by atoms with Crippen molar-refractivity contribution >= 4 is 23.3 Å². The third-order valence-corrected chi connectivity index (χ3v) is 8.47. The molecular formula is C29H40ClN5O4. The molecule has 3 aliphatic rings. The number of benzene rings is 1. The third-order valence-electron chi connectivity index (χ3n) is 8.21. The van der Waals surface area contributed by atoms with Crippen LogP contribution >= 0.6 is 11.6 Å². The SMILES string of the molecule is CO[C@H]1COCC[C@H]1NC1CCN(C(=O)c2ncnc(NC[C@@H]3CCC[C@H](c4ccc(Cl)cc4)O3)c2C)CC1. The molecule has 39 heavy (non-hydrogen) atoms. The molecule has 212 valence electrons. The van der Waals surface area contributed by atoms with Crippen LogP contribution in [0, 0.1) is 6.92 Å². The normalized spacial score (nSPS) is 26.4. The van der Waals surface area contributed by atoms with Crippen LogP contribution in [0.15, 0.2) is 30.6 Å². The fourth-order valence-corrected chi connectivity index (χ4v) is 5.99. The monoisotopic (exact) mass is 557 g/mol. The number of hydrogen-bond acceptors (Lipinski definition) is 8. The first-order valence-corrected chi connectivity index (χ1v) is 14.5. The predicted molar refractivity (Wildman–Crippen MR) is 150 cm³/mol. The summed E-state index contributed by atoms with van der Waals surface area (Å²) in [6.07, 6.45) is 7.51. The molecule has 3 saturated heterocycles. The summed E-state index contributed by atoms with van der Waals surface area (Å²) in [6.45, 7) is 5.33. The van der Waals surface area contributed by atoms with E-state index in [1.807, 2.05) is 36.1 Å². The van der Waals surface area contributed by atoms with Crippen LogP contribution < -0.4 is 10.6 Å². The molecule has 2 aromatic rings. The molecule has 0 saturated carbocycles. The van der Waals surface area contributed by atoms with Gasteiger partial charge in [0.25, 0.3) is 5.91 Å². The fraction of sp³-hybridized carbons (Fsp3) is 0.621. The summed E-state index contributed by atoms with van der Waals surface area (Å²) < 4.78 is 17.5. The minimum atomic E-state index is -0.0334. The maximum Gasteiger partial charge on any atom is 0.272 e. The van der Waals surface area contributed by atoms with Crippen LogP contribution in [0.1, 0.15) is 66.2 Å². The summed E-state index contributed by atoms with van der Waals surface area (Å²) in [4.78, 5) is 24.1. The van der Waals surface area contributed by atoms with Gasteiger partial charge >= 0.3 is 0 Å². The number of methoxy groups -OCH3 is 1. The topological polar surface area (TPSA) is 97.8 Å². The first-order chi connectivity index (χ1) is 19.0. The summed E-state index contributed by atoms with van der Waals surface area (Å²) in [5.41, 5.74) is 2.39. The van der Waals surface area contributed by atoms with Crippen molar-refractivity contribution in [3.8, 4) is 0 Å². The Labute approximate surface area is 236 Å². The van der Waals surface area contributed by atoms with E-state index in [2.05, 4.69) is 20.6 Å². The summed E-state index contributed by atoms with van der Waals surface area (Å²) in [5.74, 6) is 0.654. The largest absolute Gasteiger partial charge is 0.379 e. The number of carbonyl (C=O) groups is 1. The van der Waals surface area contributed by atoms with Crippen LogP contribution in [-0.2, 0) is 14.2 Å². The summed E-state index contributed by atoms with van der Waals surface area (Å²) >= 11 is 6.05. The zero-order valence-electron chi connectivity index (χ0n) is 22.9. The summed E-state index contributed by atoms with van der Waals surface area (Å²) in [6, 6.07) is 8.55. The minimum Gasteiger partial charge on any atom is -0.379 e. The maximum atomic E-state index is 13.4. The lowest BCUT2D eigenvalue weighted by molar-refractivity contribution is -0.0533. The Balaban J connectivity index is 1.13. The second-order valence-electron chi connectivity index (χ2n) is 10.8. The van der Waals surface area contributed by atoms with E-state index in [9.17, 15) is 4.79 Å². The van der Waals surface area contributed by atoms with Crippen molar-refractivity contribution in [2.45, 2.75) is 75.8 Å². The standard InChI is InChI=1S/C29H40ClN5O4/c1-19-27(29(36)35-13-10-22(11-14-35)34-24-12-15-38-17-26(24)37-2)32-18-33-28(19)31-16-23-4-3-5-25(39-23)20-6-8-21(30)9-7-20/h6-9,18,22-26,34H,3-5,10-17H2,1-2H3,(H,31,32,33)/t23-,24+,25+,26-/m0/s1. The molecule has 1 aromatic heterocycles. The predicted octanol–water partition coefficient (Wildman–Crippen LogP) is 4.16. The van der Waals surface area contributed by atoms with Gasteiger partial charge in [0.1, 0.15) is 17.8 Å². The lowest BCUT2D eigenvalue weighted by Crippen LogP contribution is -2.54. The highest BCUT2D eigenvalue weighted by atomic mass is 35.5. The van der Waals surface area contributed by atoms with Crippen molar-refractivity contribution in [3.63, 3.8) is 0 Å². The second kappa shape index (κ2) is 13.4. The van der Waals surface area contributed by atoms with E-state index in [0.717, 1.165) is 61.3 Å². The van der Waals surface area contributed by atoms with Crippen LogP contribution in [0.2, 0.25) is 5.02 Å². The smallest absolute Gasteiger partial charge is 0.272 e. The zero-order valence-corrected chi connectivity index (χ0v) is 23.7. The Morgan fingerprint density at radius 2 is 1.92 bits per heavy atom. The number of ether oxygens (including phenoxy) is 3. The van der Waals surface area contributed by atoms with E-state index in [1.165, 1.54) is 6.33 Å². The molecule has 0 bridgehead atoms. The van der Waals surface area contributed by atoms with Gasteiger partial charge in [-0.2, -0.15) is 0 Å². The van der Waals surface area contributed by atoms with Crippen molar-refractivity contribution in [2.24, 2.45) is 0 Å². The second-order valence-corrected chi connectivity index (χ2v) is 11.2. The lowest BCUT2D eigenvalue weighted by atomic mass is 9.98. The number of hydrogen-bond donors (Lipinski definition) is 2. The van der Waals surface area contributed by atoms with E-state index in [0.29, 0.717) is 49.8 Å². The van der Waals surface area contributed by atoms with Crippen molar-refractivity contribution in [1.29, 1.82) is 0 Å². The average Bonchev–Trinajstić information content (AvgIpc) is 2.97. The molecule has 3 fully saturated rings. The first-order valence-electron chi connectivity index (χ1n) is 14.1. The van der Waals surface area contributed by atoms with Crippen LogP contribution in [0.25, 0.3) is 0 Å². The lowest BCUT2D eigenvalue weighted by Gasteiger charge is -2.38. The number of nitrogens with one attached hydrogen (secondary N) is 2. The van der Waals surface area contributed by atoms with Crippen LogP contribution in [-0.4, -0.2) is 85.0 Å². The van der Waals surface area contributed by atoms with Crippen LogP contribution in [0.3, 0.4) is 0 Å². The van der Waals surface area contributed by atoms with E-state index >= 15 is 0 Å². The number of rotatable bonds is 8. The molecule has 4 heterocycles. The van der Waals surface area contributed by atoms with E-state index in [4.69, 9.17) is 25.8 Å². The highest BCUT2D eigenvalue weighted by Gasteiger charge is 2.31. The van der Waals surface area contributed by atoms with Crippen molar-refractivity contribution in [2.75, 3.05) is 45.3 Å². The van der Waals surface area contributed by atoms with Gasteiger partial charge in [0.2, 0.25) is 0 Å². The molecule has 0 aliphatic carbocycles. The number of halogens is 1. The number of piperidine rings is 1. The van der Waals surface area contributed by atoms with Crippen LogP contribution in [0.5, 0.6) is 0 Å². The minimum absolute atomic E-state index is 0.0334. The van der Waals surface area contributed by atoms with Gasteiger partial charge in [-0.25, -0.2) is 9.97 Å². The van der Waals surface area contributed by atoms with Crippen molar-refractivity contribution in [3.05, 3.63) is 52.4 Å². The highest BCUT2D eigenvalue weighted by Crippen LogP contribution is 2.32. The average molecular weight is 558 g/mol. The number of aromatic nitrogens is 2. The van der Waals surface area contributed by atoms with Gasteiger partial charge in [-0.1, -0.05) is 23.7 Å². The van der Waals surface area contributed by atoms with Gasteiger partial charge in [-0.15, -0.1) is 0 Å². The Morgan fingerprint density at radius 1 is 1.13 bits per heavy atom. The number of likely N-dealkylation sites (tertiary alicyclic amines) is 1. The van der Waals surface area contributed by atoms with Gasteiger partial charge in [-0.05, 0) is 63.1 Å². The number of anilines is 1.